The van der Waals surface area contributed by atoms with E-state index in [9.17, 15) is 0 Å². The fraction of sp³-hybridized carbons (Fsp3) is 1.00. The summed E-state index contributed by atoms with van der Waals surface area (Å²) in [7, 11) is 0. The number of nitrogens with one attached hydrogen (secondary N) is 1. The Bertz CT molecular complexity index is 280. The lowest BCUT2D eigenvalue weighted by Gasteiger charge is -2.35. The van der Waals surface area contributed by atoms with Crippen molar-refractivity contribution in [2.45, 2.75) is 51.5 Å². The minimum Gasteiger partial charge on any atom is -0.316 e. The van der Waals surface area contributed by atoms with E-state index in [1.54, 1.807) is 0 Å². The molecule has 0 aromatic carbocycles. The minimum absolute atomic E-state index is 0.528. The Hall–Kier alpha value is -0.120. The van der Waals surface area contributed by atoms with Crippen LogP contribution in [0.5, 0.6) is 0 Å². The summed E-state index contributed by atoms with van der Waals surface area (Å²) >= 11 is 0. The molecule has 0 aromatic heterocycles. The van der Waals surface area contributed by atoms with Crippen molar-refractivity contribution in [3.05, 3.63) is 0 Å². The normalized spacial score (nSPS) is 38.7. The van der Waals surface area contributed by atoms with Gasteiger partial charge in [0.2, 0.25) is 0 Å². The SMILES string of the molecule is CC1(CN2CCCCC(N3CCCC3)C2)CCNC1. The van der Waals surface area contributed by atoms with Crippen molar-refractivity contribution >= 4 is 0 Å². The molecule has 0 amide bonds. The summed E-state index contributed by atoms with van der Waals surface area (Å²) in [6.45, 7) is 11.6. The largest absolute Gasteiger partial charge is 0.316 e. The molecule has 19 heavy (non-hydrogen) atoms. The summed E-state index contributed by atoms with van der Waals surface area (Å²) in [4.78, 5) is 5.55. The quantitative estimate of drug-likeness (QED) is 0.841. The first kappa shape index (κ1) is 13.8. The number of hydrogen-bond acceptors (Lipinski definition) is 3. The molecule has 0 bridgehead atoms. The maximum absolute atomic E-state index is 3.55. The van der Waals surface area contributed by atoms with Gasteiger partial charge in [-0.05, 0) is 63.7 Å². The average Bonchev–Trinajstić information content (AvgIpc) is 3.00. The highest BCUT2D eigenvalue weighted by atomic mass is 15.2. The van der Waals surface area contributed by atoms with Crippen LogP contribution in [-0.4, -0.2) is 61.7 Å². The fourth-order valence-corrected chi connectivity index (χ4v) is 4.29. The molecular weight excluding hydrogens is 234 g/mol. The summed E-state index contributed by atoms with van der Waals surface area (Å²) in [6.07, 6.45) is 8.50. The van der Waals surface area contributed by atoms with E-state index in [0.717, 1.165) is 6.04 Å². The van der Waals surface area contributed by atoms with Gasteiger partial charge in [-0.25, -0.2) is 0 Å². The van der Waals surface area contributed by atoms with Crippen LogP contribution in [-0.2, 0) is 0 Å². The first-order valence-corrected chi connectivity index (χ1v) is 8.42. The molecule has 0 aromatic rings. The van der Waals surface area contributed by atoms with Crippen LogP contribution in [0.1, 0.15) is 45.4 Å². The second kappa shape index (κ2) is 6.11. The monoisotopic (exact) mass is 265 g/mol. The third-order valence-electron chi connectivity index (χ3n) is 5.45. The van der Waals surface area contributed by atoms with Crippen molar-refractivity contribution < 1.29 is 0 Å². The van der Waals surface area contributed by atoms with Crippen LogP contribution in [0.25, 0.3) is 0 Å². The van der Waals surface area contributed by atoms with Crippen molar-refractivity contribution in [1.29, 1.82) is 0 Å². The molecule has 3 fully saturated rings. The molecule has 2 unspecified atom stereocenters. The lowest BCUT2D eigenvalue weighted by Crippen LogP contribution is -2.45. The first-order valence-electron chi connectivity index (χ1n) is 8.42. The highest BCUT2D eigenvalue weighted by molar-refractivity contribution is 4.89. The van der Waals surface area contributed by atoms with E-state index in [4.69, 9.17) is 0 Å². The maximum Gasteiger partial charge on any atom is 0.0223 e. The third kappa shape index (κ3) is 3.50. The summed E-state index contributed by atoms with van der Waals surface area (Å²) in [6, 6.07) is 0.850. The molecule has 3 aliphatic heterocycles. The first-order chi connectivity index (χ1) is 9.25. The number of nitrogens with zero attached hydrogens (tertiary/aromatic N) is 2. The molecule has 0 saturated carbocycles. The lowest BCUT2D eigenvalue weighted by molar-refractivity contribution is 0.133. The second-order valence-corrected chi connectivity index (χ2v) is 7.37. The van der Waals surface area contributed by atoms with Gasteiger partial charge in [0.15, 0.2) is 0 Å². The van der Waals surface area contributed by atoms with Gasteiger partial charge in [0, 0.05) is 25.7 Å². The highest BCUT2D eigenvalue weighted by Crippen LogP contribution is 2.28. The zero-order chi connectivity index (χ0) is 13.1. The van der Waals surface area contributed by atoms with Crippen LogP contribution in [0.15, 0.2) is 0 Å². The Balaban J connectivity index is 1.57. The number of likely N-dealkylation sites (tertiary alicyclic amines) is 2. The fourth-order valence-electron chi connectivity index (χ4n) is 4.29. The zero-order valence-electron chi connectivity index (χ0n) is 12.7. The van der Waals surface area contributed by atoms with Crippen molar-refractivity contribution in [2.75, 3.05) is 45.8 Å². The molecule has 0 aliphatic carbocycles. The van der Waals surface area contributed by atoms with Crippen LogP contribution in [0.4, 0.5) is 0 Å². The molecule has 3 aliphatic rings. The van der Waals surface area contributed by atoms with Gasteiger partial charge in [-0.3, -0.25) is 4.90 Å². The van der Waals surface area contributed by atoms with Crippen LogP contribution in [0.2, 0.25) is 0 Å². The Labute approximate surface area is 118 Å². The summed E-state index contributed by atoms with van der Waals surface area (Å²) in [5.74, 6) is 0. The van der Waals surface area contributed by atoms with Gasteiger partial charge < -0.3 is 10.2 Å². The topological polar surface area (TPSA) is 18.5 Å². The van der Waals surface area contributed by atoms with E-state index in [-0.39, 0.29) is 0 Å². The minimum atomic E-state index is 0.528. The van der Waals surface area contributed by atoms with Gasteiger partial charge in [0.25, 0.3) is 0 Å². The molecular formula is C16H31N3. The van der Waals surface area contributed by atoms with E-state index in [0.29, 0.717) is 5.41 Å². The standard InChI is InChI=1S/C16H31N3/c1-16(7-8-17-13-16)14-18-9-3-2-6-15(12-18)19-10-4-5-11-19/h15,17H,2-14H2,1H3. The van der Waals surface area contributed by atoms with E-state index in [2.05, 4.69) is 22.0 Å². The zero-order valence-corrected chi connectivity index (χ0v) is 12.7. The van der Waals surface area contributed by atoms with E-state index in [1.165, 1.54) is 84.3 Å². The predicted molar refractivity (Wildman–Crippen MR) is 80.5 cm³/mol. The average molecular weight is 265 g/mol. The Morgan fingerprint density at radius 1 is 1.11 bits per heavy atom. The summed E-state index contributed by atoms with van der Waals surface area (Å²) in [5, 5.41) is 3.55. The molecule has 3 saturated heterocycles. The van der Waals surface area contributed by atoms with Gasteiger partial charge in [-0.15, -0.1) is 0 Å². The Kier molecular flexibility index (Phi) is 4.45. The predicted octanol–water partition coefficient (Wildman–Crippen LogP) is 1.94. The van der Waals surface area contributed by atoms with Crippen LogP contribution in [0, 0.1) is 5.41 Å². The third-order valence-corrected chi connectivity index (χ3v) is 5.45. The Morgan fingerprint density at radius 2 is 1.89 bits per heavy atom. The van der Waals surface area contributed by atoms with Crippen molar-refractivity contribution in [3.63, 3.8) is 0 Å². The van der Waals surface area contributed by atoms with Crippen molar-refractivity contribution in [3.8, 4) is 0 Å². The lowest BCUT2D eigenvalue weighted by atomic mass is 9.89. The molecule has 3 heteroatoms. The van der Waals surface area contributed by atoms with Gasteiger partial charge in [-0.1, -0.05) is 13.3 Å². The Morgan fingerprint density at radius 3 is 2.63 bits per heavy atom. The van der Waals surface area contributed by atoms with Crippen LogP contribution >= 0.6 is 0 Å². The number of rotatable bonds is 3. The van der Waals surface area contributed by atoms with Gasteiger partial charge in [-0.2, -0.15) is 0 Å². The van der Waals surface area contributed by atoms with E-state index < -0.39 is 0 Å². The van der Waals surface area contributed by atoms with Crippen LogP contribution < -0.4 is 5.32 Å². The molecule has 0 spiro atoms. The van der Waals surface area contributed by atoms with Crippen molar-refractivity contribution in [1.82, 2.24) is 15.1 Å². The molecule has 0 radical (unpaired) electrons. The van der Waals surface area contributed by atoms with Gasteiger partial charge in [0.1, 0.15) is 0 Å². The molecule has 3 heterocycles. The summed E-state index contributed by atoms with van der Waals surface area (Å²) < 4.78 is 0. The van der Waals surface area contributed by atoms with Crippen LogP contribution in [0.3, 0.4) is 0 Å². The molecule has 2 atom stereocenters. The molecule has 1 N–H and O–H groups in total. The molecule has 3 nitrogen and oxygen atoms in total. The molecule has 3 rings (SSSR count). The highest BCUT2D eigenvalue weighted by Gasteiger charge is 2.33. The number of hydrogen-bond donors (Lipinski definition) is 1. The summed E-state index contributed by atoms with van der Waals surface area (Å²) in [5.41, 5.74) is 0.528. The van der Waals surface area contributed by atoms with E-state index >= 15 is 0 Å². The maximum atomic E-state index is 3.55. The smallest absolute Gasteiger partial charge is 0.0223 e. The van der Waals surface area contributed by atoms with Crippen molar-refractivity contribution in [2.24, 2.45) is 5.41 Å². The molecule has 110 valence electrons. The second-order valence-electron chi connectivity index (χ2n) is 7.37. The van der Waals surface area contributed by atoms with Gasteiger partial charge >= 0.3 is 0 Å². The van der Waals surface area contributed by atoms with Gasteiger partial charge in [0.05, 0.1) is 0 Å². The van der Waals surface area contributed by atoms with E-state index in [1.807, 2.05) is 0 Å².